The zero-order chi connectivity index (χ0) is 13.1. The Morgan fingerprint density at radius 3 is 2.76 bits per heavy atom. The highest BCUT2D eigenvalue weighted by Gasteiger charge is 2.32. The summed E-state index contributed by atoms with van der Waals surface area (Å²) >= 11 is 0. The first-order valence-corrected chi connectivity index (χ1v) is 6.60. The van der Waals surface area contributed by atoms with Gasteiger partial charge in [-0.3, -0.25) is 0 Å². The number of hydrogen-bond acceptors (Lipinski definition) is 6. The molecule has 1 heterocycles. The monoisotopic (exact) mass is 267 g/mol. The Bertz CT molecular complexity index is 369. The van der Waals surface area contributed by atoms with Gasteiger partial charge < -0.3 is 15.2 Å². The van der Waals surface area contributed by atoms with Crippen molar-refractivity contribution in [3.05, 3.63) is 0 Å². The first kappa shape index (κ1) is 14.2. The van der Waals surface area contributed by atoms with Crippen molar-refractivity contribution in [3.8, 4) is 0 Å². The fourth-order valence-corrected chi connectivity index (χ4v) is 2.42. The van der Waals surface area contributed by atoms with Gasteiger partial charge in [-0.2, -0.15) is 12.7 Å². The zero-order valence-electron chi connectivity index (χ0n) is 9.75. The highest BCUT2D eigenvalue weighted by atomic mass is 32.2. The van der Waals surface area contributed by atoms with Crippen LogP contribution >= 0.6 is 0 Å². The van der Waals surface area contributed by atoms with Crippen molar-refractivity contribution in [3.63, 3.8) is 0 Å². The number of carbonyl (C=O) groups excluding carboxylic acids is 1. The summed E-state index contributed by atoms with van der Waals surface area (Å²) in [5.41, 5.74) is 5.57. The van der Waals surface area contributed by atoms with Crippen molar-refractivity contribution >= 4 is 16.3 Å². The molecule has 1 rings (SSSR count). The van der Waals surface area contributed by atoms with Crippen LogP contribution in [0.5, 0.6) is 0 Å². The summed E-state index contributed by atoms with van der Waals surface area (Å²) in [7, 11) is -3.97. The number of hydrogen-bond donors (Lipinski definition) is 2. The Hall–Kier alpha value is -0.900. The molecule has 0 radical (unpaired) electrons. The van der Waals surface area contributed by atoms with Crippen molar-refractivity contribution in [1.82, 2.24) is 9.03 Å². The van der Waals surface area contributed by atoms with Gasteiger partial charge in [-0.15, -0.1) is 0 Å². The summed E-state index contributed by atoms with van der Waals surface area (Å²) in [5, 5.41) is 0. The van der Waals surface area contributed by atoms with Gasteiger partial charge in [-0.25, -0.2) is 9.52 Å². The number of carbonyl (C=O) groups is 1. The number of nitrogens with two attached hydrogens (primary N) is 1. The molecule has 17 heavy (non-hydrogen) atoms. The van der Waals surface area contributed by atoms with Crippen molar-refractivity contribution < 1.29 is 22.7 Å². The van der Waals surface area contributed by atoms with Gasteiger partial charge in [0.2, 0.25) is 0 Å². The second-order valence-corrected chi connectivity index (χ2v) is 5.44. The van der Waals surface area contributed by atoms with Crippen LogP contribution in [0.4, 0.5) is 4.79 Å². The minimum absolute atomic E-state index is 0.0974. The molecule has 1 atom stereocenters. The number of ether oxygens (including phenoxy) is 2. The number of nitrogens with zero attached hydrogens (tertiary/aromatic N) is 1. The molecule has 0 aliphatic carbocycles. The normalized spacial score (nSPS) is 22.5. The molecule has 1 unspecified atom stereocenters. The quantitative estimate of drug-likeness (QED) is 0.677. The van der Waals surface area contributed by atoms with Crippen molar-refractivity contribution in [2.75, 3.05) is 19.8 Å². The first-order chi connectivity index (χ1) is 7.83. The van der Waals surface area contributed by atoms with Crippen LogP contribution in [0.25, 0.3) is 0 Å². The molecule has 1 saturated heterocycles. The van der Waals surface area contributed by atoms with Crippen LogP contribution in [-0.2, 0) is 19.7 Å². The zero-order valence-corrected chi connectivity index (χ0v) is 10.6. The van der Waals surface area contributed by atoms with Crippen LogP contribution in [0.2, 0.25) is 0 Å². The molecule has 1 aliphatic heterocycles. The maximum atomic E-state index is 11.8. The predicted molar refractivity (Wildman–Crippen MR) is 59.2 cm³/mol. The number of nitrogens with one attached hydrogen (secondary N) is 1. The van der Waals surface area contributed by atoms with Crippen LogP contribution < -0.4 is 10.5 Å². The fourth-order valence-electron chi connectivity index (χ4n) is 1.31. The third-order valence-electron chi connectivity index (χ3n) is 1.98. The maximum absolute atomic E-state index is 11.8. The topological polar surface area (TPSA) is 111 Å². The van der Waals surface area contributed by atoms with Gasteiger partial charge in [0, 0.05) is 6.54 Å². The van der Waals surface area contributed by atoms with Crippen LogP contribution in [0.1, 0.15) is 13.8 Å². The van der Waals surface area contributed by atoms with Crippen LogP contribution in [0.15, 0.2) is 0 Å². The molecule has 0 saturated carbocycles. The molecule has 100 valence electrons. The van der Waals surface area contributed by atoms with E-state index in [1.807, 2.05) is 0 Å². The molecule has 1 fully saturated rings. The molecule has 3 N–H and O–H groups in total. The van der Waals surface area contributed by atoms with E-state index >= 15 is 0 Å². The van der Waals surface area contributed by atoms with Gasteiger partial charge >= 0.3 is 16.3 Å². The number of morpholine rings is 1. The van der Waals surface area contributed by atoms with Crippen molar-refractivity contribution in [2.45, 2.75) is 26.1 Å². The lowest BCUT2D eigenvalue weighted by atomic mass is 10.4. The highest BCUT2D eigenvalue weighted by Crippen LogP contribution is 2.07. The summed E-state index contributed by atoms with van der Waals surface area (Å²) in [6.07, 6.45) is -2.21. The van der Waals surface area contributed by atoms with Crippen LogP contribution in [-0.4, -0.2) is 50.8 Å². The van der Waals surface area contributed by atoms with Crippen molar-refractivity contribution in [2.24, 2.45) is 5.73 Å². The van der Waals surface area contributed by atoms with E-state index < -0.39 is 28.6 Å². The summed E-state index contributed by atoms with van der Waals surface area (Å²) in [4.78, 5) is 11.2. The average molecular weight is 267 g/mol. The smallest absolute Gasteiger partial charge is 0.422 e. The fraction of sp³-hybridized carbons (Fsp3) is 0.875. The number of amides is 1. The second-order valence-electron chi connectivity index (χ2n) is 3.81. The van der Waals surface area contributed by atoms with E-state index in [4.69, 9.17) is 10.5 Å². The van der Waals surface area contributed by atoms with Gasteiger partial charge in [0.1, 0.15) is 0 Å². The molecule has 0 spiro atoms. The van der Waals surface area contributed by atoms with E-state index in [0.717, 1.165) is 4.31 Å². The van der Waals surface area contributed by atoms with Gasteiger partial charge in [0.05, 0.1) is 25.5 Å². The first-order valence-electron chi connectivity index (χ1n) is 5.16. The standard InChI is InChI=1S/C8H17N3O5S/c1-6(2)16-8(12)10-17(13,14)11-3-4-15-5-7(11)9/h6-7H,3-5,9H2,1-2H3,(H,10,12). The molecule has 8 nitrogen and oxygen atoms in total. The minimum Gasteiger partial charge on any atom is -0.446 e. The molecule has 1 aliphatic rings. The Morgan fingerprint density at radius 1 is 1.59 bits per heavy atom. The Labute approximate surface area is 100 Å². The minimum atomic E-state index is -3.97. The van der Waals surface area contributed by atoms with E-state index in [0.29, 0.717) is 0 Å². The van der Waals surface area contributed by atoms with Gasteiger partial charge in [-0.05, 0) is 13.8 Å². The SMILES string of the molecule is CC(C)OC(=O)NS(=O)(=O)N1CCOCC1N. The molecular weight excluding hydrogens is 250 g/mol. The predicted octanol–water partition coefficient (Wildman–Crippen LogP) is -1.02. The summed E-state index contributed by atoms with van der Waals surface area (Å²) in [5.74, 6) is 0. The van der Waals surface area contributed by atoms with E-state index in [2.05, 4.69) is 4.74 Å². The van der Waals surface area contributed by atoms with Gasteiger partial charge in [0.15, 0.2) is 0 Å². The molecule has 0 bridgehead atoms. The van der Waals surface area contributed by atoms with E-state index in [1.165, 1.54) is 0 Å². The van der Waals surface area contributed by atoms with E-state index in [-0.39, 0.29) is 19.8 Å². The Morgan fingerprint density at radius 2 is 2.24 bits per heavy atom. The van der Waals surface area contributed by atoms with Crippen LogP contribution in [0, 0.1) is 0 Å². The highest BCUT2D eigenvalue weighted by molar-refractivity contribution is 7.87. The summed E-state index contributed by atoms with van der Waals surface area (Å²) < 4.78 is 36.0. The lowest BCUT2D eigenvalue weighted by molar-refractivity contribution is 0.0342. The Kier molecular flexibility index (Phi) is 4.69. The Balaban J connectivity index is 2.64. The average Bonchev–Trinajstić information content (AvgIpc) is 2.15. The molecule has 0 aromatic rings. The molecular formula is C8H17N3O5S. The summed E-state index contributed by atoms with van der Waals surface area (Å²) in [6, 6.07) is 0. The molecule has 0 aromatic heterocycles. The lowest BCUT2D eigenvalue weighted by Crippen LogP contribution is -2.57. The van der Waals surface area contributed by atoms with E-state index in [9.17, 15) is 13.2 Å². The maximum Gasteiger partial charge on any atom is 0.422 e. The van der Waals surface area contributed by atoms with Gasteiger partial charge in [-0.1, -0.05) is 0 Å². The number of rotatable bonds is 3. The molecule has 0 aromatic carbocycles. The largest absolute Gasteiger partial charge is 0.446 e. The van der Waals surface area contributed by atoms with Gasteiger partial charge in [0.25, 0.3) is 0 Å². The van der Waals surface area contributed by atoms with Crippen LogP contribution in [0.3, 0.4) is 0 Å². The summed E-state index contributed by atoms with van der Waals surface area (Å²) in [6.45, 7) is 3.68. The third kappa shape index (κ3) is 4.11. The third-order valence-corrected chi connectivity index (χ3v) is 3.47. The van der Waals surface area contributed by atoms with Crippen molar-refractivity contribution in [1.29, 1.82) is 0 Å². The molecule has 9 heteroatoms. The molecule has 1 amide bonds. The lowest BCUT2D eigenvalue weighted by Gasteiger charge is -2.31. The second kappa shape index (κ2) is 5.63. The van der Waals surface area contributed by atoms with E-state index in [1.54, 1.807) is 18.6 Å².